The minimum absolute atomic E-state index is 0.533. The molecular weight excluding hydrogens is 168 g/mol. The molecule has 1 rings (SSSR count). The molecule has 2 atom stereocenters. The van der Waals surface area contributed by atoms with E-state index in [4.69, 9.17) is 4.74 Å². The van der Waals surface area contributed by atoms with Crippen LogP contribution < -0.4 is 0 Å². The fraction of sp³-hybridized carbons (Fsp3) is 1.00. The van der Waals surface area contributed by atoms with Crippen LogP contribution in [-0.2, 0) is 4.74 Å². The third-order valence-corrected chi connectivity index (χ3v) is 3.20. The third kappa shape index (κ3) is 4.36. The van der Waals surface area contributed by atoms with E-state index < -0.39 is 0 Å². The van der Waals surface area contributed by atoms with Crippen LogP contribution in [0.15, 0.2) is 0 Å². The van der Waals surface area contributed by atoms with Gasteiger partial charge in [-0.1, -0.05) is 26.7 Å². The molecule has 1 aliphatic heterocycles. The summed E-state index contributed by atoms with van der Waals surface area (Å²) < 4.78 is 5.80. The van der Waals surface area contributed by atoms with Crippen LogP contribution >= 0.6 is 11.8 Å². The van der Waals surface area contributed by atoms with Crippen molar-refractivity contribution in [3.05, 3.63) is 0 Å². The molecule has 0 amide bonds. The van der Waals surface area contributed by atoms with Crippen molar-refractivity contribution in [2.45, 2.75) is 50.9 Å². The normalized spacial score (nSPS) is 24.0. The molecule has 0 spiro atoms. The third-order valence-electron chi connectivity index (χ3n) is 2.26. The summed E-state index contributed by atoms with van der Waals surface area (Å²) in [6.07, 6.45) is 5.57. The average molecular weight is 188 g/mol. The Hall–Kier alpha value is 0.310. The lowest BCUT2D eigenvalue weighted by Gasteiger charge is -2.14. The van der Waals surface area contributed by atoms with Crippen LogP contribution in [-0.4, -0.2) is 23.7 Å². The van der Waals surface area contributed by atoms with E-state index in [0.29, 0.717) is 6.10 Å². The predicted molar refractivity (Wildman–Crippen MR) is 55.8 cm³/mol. The SMILES string of the molecule is CCCCC(CC)OCC1CS1. The van der Waals surface area contributed by atoms with Crippen LogP contribution in [0.4, 0.5) is 0 Å². The summed E-state index contributed by atoms with van der Waals surface area (Å²) in [5.74, 6) is 1.32. The standard InChI is InChI=1S/C10H20OS/c1-3-5-6-9(4-2)11-7-10-8-12-10/h9-10H,3-8H2,1-2H3. The van der Waals surface area contributed by atoms with Crippen LogP contribution in [0.3, 0.4) is 0 Å². The van der Waals surface area contributed by atoms with Gasteiger partial charge in [0.25, 0.3) is 0 Å². The van der Waals surface area contributed by atoms with Gasteiger partial charge in [-0.25, -0.2) is 0 Å². The Kier molecular flexibility index (Phi) is 5.08. The summed E-state index contributed by atoms with van der Waals surface area (Å²) >= 11 is 2.02. The molecule has 0 aliphatic carbocycles. The lowest BCUT2D eigenvalue weighted by atomic mass is 10.1. The molecule has 0 aromatic rings. The van der Waals surface area contributed by atoms with Crippen molar-refractivity contribution in [2.75, 3.05) is 12.4 Å². The van der Waals surface area contributed by atoms with Crippen molar-refractivity contribution < 1.29 is 4.74 Å². The van der Waals surface area contributed by atoms with Gasteiger partial charge in [-0.2, -0.15) is 11.8 Å². The van der Waals surface area contributed by atoms with Crippen molar-refractivity contribution in [3.63, 3.8) is 0 Å². The number of unbranched alkanes of at least 4 members (excludes halogenated alkanes) is 1. The van der Waals surface area contributed by atoms with E-state index in [1.807, 2.05) is 11.8 Å². The smallest absolute Gasteiger partial charge is 0.0596 e. The lowest BCUT2D eigenvalue weighted by Crippen LogP contribution is -2.14. The van der Waals surface area contributed by atoms with Crippen LogP contribution in [0.5, 0.6) is 0 Å². The predicted octanol–water partition coefficient (Wildman–Crippen LogP) is 3.09. The second-order valence-electron chi connectivity index (χ2n) is 3.46. The van der Waals surface area contributed by atoms with Crippen LogP contribution in [0.2, 0.25) is 0 Å². The minimum Gasteiger partial charge on any atom is -0.377 e. The largest absolute Gasteiger partial charge is 0.377 e. The van der Waals surface area contributed by atoms with E-state index in [0.717, 1.165) is 11.9 Å². The van der Waals surface area contributed by atoms with Gasteiger partial charge in [0.05, 0.1) is 12.7 Å². The molecule has 1 aliphatic rings. The summed E-state index contributed by atoms with van der Waals surface area (Å²) in [5.41, 5.74) is 0. The fourth-order valence-electron chi connectivity index (χ4n) is 1.24. The highest BCUT2D eigenvalue weighted by molar-refractivity contribution is 8.06. The van der Waals surface area contributed by atoms with Crippen molar-refractivity contribution in [1.29, 1.82) is 0 Å². The van der Waals surface area contributed by atoms with Crippen molar-refractivity contribution in [1.82, 2.24) is 0 Å². The van der Waals surface area contributed by atoms with E-state index in [1.54, 1.807) is 0 Å². The zero-order valence-electron chi connectivity index (χ0n) is 8.21. The molecule has 2 heteroatoms. The maximum atomic E-state index is 5.80. The molecular formula is C10H20OS. The van der Waals surface area contributed by atoms with Gasteiger partial charge in [-0.3, -0.25) is 0 Å². The maximum Gasteiger partial charge on any atom is 0.0596 e. The first-order chi connectivity index (χ1) is 5.86. The first-order valence-corrected chi connectivity index (χ1v) is 6.14. The Labute approximate surface area is 80.3 Å². The summed E-state index contributed by atoms with van der Waals surface area (Å²) in [5, 5.41) is 0.834. The number of hydrogen-bond donors (Lipinski definition) is 0. The van der Waals surface area contributed by atoms with Crippen molar-refractivity contribution in [2.24, 2.45) is 0 Å². The van der Waals surface area contributed by atoms with Gasteiger partial charge in [0.15, 0.2) is 0 Å². The summed E-state index contributed by atoms with van der Waals surface area (Å²) in [6, 6.07) is 0. The Morgan fingerprint density at radius 1 is 1.50 bits per heavy atom. The van der Waals surface area contributed by atoms with E-state index in [-0.39, 0.29) is 0 Å². The molecule has 1 fully saturated rings. The molecule has 0 bridgehead atoms. The van der Waals surface area contributed by atoms with Gasteiger partial charge in [0.1, 0.15) is 0 Å². The van der Waals surface area contributed by atoms with Crippen molar-refractivity contribution >= 4 is 11.8 Å². The van der Waals surface area contributed by atoms with E-state index in [2.05, 4.69) is 13.8 Å². The first kappa shape index (κ1) is 10.4. The van der Waals surface area contributed by atoms with E-state index in [1.165, 1.54) is 31.4 Å². The van der Waals surface area contributed by atoms with Gasteiger partial charge >= 0.3 is 0 Å². The van der Waals surface area contributed by atoms with Gasteiger partial charge in [-0.15, -0.1) is 0 Å². The van der Waals surface area contributed by atoms with E-state index >= 15 is 0 Å². The molecule has 0 saturated carbocycles. The molecule has 12 heavy (non-hydrogen) atoms. The summed E-state index contributed by atoms with van der Waals surface area (Å²) in [7, 11) is 0. The zero-order valence-corrected chi connectivity index (χ0v) is 9.03. The van der Waals surface area contributed by atoms with Crippen LogP contribution in [0, 0.1) is 0 Å². The molecule has 72 valence electrons. The first-order valence-electron chi connectivity index (χ1n) is 5.10. The molecule has 1 nitrogen and oxygen atoms in total. The number of hydrogen-bond acceptors (Lipinski definition) is 2. The van der Waals surface area contributed by atoms with Gasteiger partial charge in [0, 0.05) is 11.0 Å². The van der Waals surface area contributed by atoms with Gasteiger partial charge < -0.3 is 4.74 Å². The number of thioether (sulfide) groups is 1. The molecule has 0 radical (unpaired) electrons. The summed E-state index contributed by atoms with van der Waals surface area (Å²) in [6.45, 7) is 5.46. The molecule has 1 heterocycles. The Morgan fingerprint density at radius 3 is 2.75 bits per heavy atom. The highest BCUT2D eigenvalue weighted by Crippen LogP contribution is 2.30. The quantitative estimate of drug-likeness (QED) is 0.568. The highest BCUT2D eigenvalue weighted by Gasteiger charge is 2.23. The maximum absolute atomic E-state index is 5.80. The number of ether oxygens (including phenoxy) is 1. The van der Waals surface area contributed by atoms with Crippen LogP contribution in [0.1, 0.15) is 39.5 Å². The fourth-order valence-corrected chi connectivity index (χ4v) is 1.65. The molecule has 2 unspecified atom stereocenters. The highest BCUT2D eigenvalue weighted by atomic mass is 32.2. The Bertz CT molecular complexity index is 112. The van der Waals surface area contributed by atoms with Crippen molar-refractivity contribution in [3.8, 4) is 0 Å². The zero-order chi connectivity index (χ0) is 8.81. The molecule has 0 aromatic carbocycles. The molecule has 0 aromatic heterocycles. The minimum atomic E-state index is 0.533. The average Bonchev–Trinajstić information content (AvgIpc) is 2.89. The second-order valence-corrected chi connectivity index (χ2v) is 4.79. The Morgan fingerprint density at radius 2 is 2.25 bits per heavy atom. The number of rotatable bonds is 7. The monoisotopic (exact) mass is 188 g/mol. The second kappa shape index (κ2) is 5.87. The van der Waals surface area contributed by atoms with Gasteiger partial charge in [-0.05, 0) is 12.8 Å². The Balaban J connectivity index is 1.98. The van der Waals surface area contributed by atoms with E-state index in [9.17, 15) is 0 Å². The molecule has 1 saturated heterocycles. The topological polar surface area (TPSA) is 9.23 Å². The van der Waals surface area contributed by atoms with Crippen LogP contribution in [0.25, 0.3) is 0 Å². The molecule has 0 N–H and O–H groups in total. The summed E-state index contributed by atoms with van der Waals surface area (Å²) in [4.78, 5) is 0. The van der Waals surface area contributed by atoms with Gasteiger partial charge in [0.2, 0.25) is 0 Å². The lowest BCUT2D eigenvalue weighted by molar-refractivity contribution is 0.0489.